The SMILES string of the molecule is CC[S@@](=O)[C@@H]1CCC[C@H](NC(=O)N[C@@H]2CCC[C@@H]2SC)C1. The molecule has 0 aromatic rings. The van der Waals surface area contributed by atoms with Crippen molar-refractivity contribution in [2.24, 2.45) is 0 Å². The van der Waals surface area contributed by atoms with Crippen molar-refractivity contribution in [2.45, 2.75) is 74.5 Å². The van der Waals surface area contributed by atoms with E-state index in [0.29, 0.717) is 11.3 Å². The second-order valence-electron chi connectivity index (χ2n) is 6.08. The highest BCUT2D eigenvalue weighted by molar-refractivity contribution is 7.99. The molecule has 0 unspecified atom stereocenters. The van der Waals surface area contributed by atoms with E-state index in [2.05, 4.69) is 16.9 Å². The first-order valence-corrected chi connectivity index (χ1v) is 10.8. The molecular formula is C15H28N2O2S2. The molecule has 0 spiro atoms. The Morgan fingerprint density at radius 2 is 1.95 bits per heavy atom. The van der Waals surface area contributed by atoms with Crippen molar-refractivity contribution in [1.29, 1.82) is 0 Å². The summed E-state index contributed by atoms with van der Waals surface area (Å²) in [6.45, 7) is 1.97. The van der Waals surface area contributed by atoms with Crippen LogP contribution in [0.3, 0.4) is 0 Å². The lowest BCUT2D eigenvalue weighted by atomic mass is 9.95. The quantitative estimate of drug-likeness (QED) is 0.814. The Bertz CT molecular complexity index is 379. The Balaban J connectivity index is 1.78. The second-order valence-corrected chi connectivity index (χ2v) is 9.17. The first kappa shape index (κ1) is 17.1. The van der Waals surface area contributed by atoms with E-state index >= 15 is 0 Å². The molecular weight excluding hydrogens is 304 g/mol. The van der Waals surface area contributed by atoms with Crippen molar-refractivity contribution in [1.82, 2.24) is 10.6 Å². The van der Waals surface area contributed by atoms with Gasteiger partial charge in [0.2, 0.25) is 0 Å². The third-order valence-electron chi connectivity index (χ3n) is 4.69. The van der Waals surface area contributed by atoms with Crippen LogP contribution in [0.25, 0.3) is 0 Å². The normalized spacial score (nSPS) is 34.4. The van der Waals surface area contributed by atoms with Gasteiger partial charge in [0.1, 0.15) is 0 Å². The standard InChI is InChI=1S/C15H28N2O2S2/c1-3-21(19)12-7-4-6-11(10-12)16-15(18)17-13-8-5-9-14(13)20-2/h11-14H,3-10H2,1-2H3,(H2,16,17,18)/t11-,12+,13+,14-,21+/m0/s1. The second kappa shape index (κ2) is 8.42. The number of thioether (sulfide) groups is 1. The third kappa shape index (κ3) is 4.88. The van der Waals surface area contributed by atoms with Crippen LogP contribution in [0, 0.1) is 0 Å². The van der Waals surface area contributed by atoms with Gasteiger partial charge in [-0.25, -0.2) is 4.79 Å². The fraction of sp³-hybridized carbons (Fsp3) is 0.933. The number of amides is 2. The topological polar surface area (TPSA) is 58.2 Å². The highest BCUT2D eigenvalue weighted by Gasteiger charge is 2.30. The summed E-state index contributed by atoms with van der Waals surface area (Å²) in [6, 6.07) is 0.464. The van der Waals surface area contributed by atoms with Crippen molar-refractivity contribution in [3.05, 3.63) is 0 Å². The highest BCUT2D eigenvalue weighted by atomic mass is 32.2. The lowest BCUT2D eigenvalue weighted by Crippen LogP contribution is -2.49. The third-order valence-corrected chi connectivity index (χ3v) is 7.60. The summed E-state index contributed by atoms with van der Waals surface area (Å²) in [6.07, 6.45) is 9.60. The van der Waals surface area contributed by atoms with Gasteiger partial charge in [0.25, 0.3) is 0 Å². The van der Waals surface area contributed by atoms with E-state index in [1.807, 2.05) is 18.7 Å². The number of carbonyl (C=O) groups excluding carboxylic acids is 1. The van der Waals surface area contributed by atoms with Crippen molar-refractivity contribution >= 4 is 28.6 Å². The smallest absolute Gasteiger partial charge is 0.315 e. The number of rotatable bonds is 5. The fourth-order valence-corrected chi connectivity index (χ4v) is 5.80. The summed E-state index contributed by atoms with van der Waals surface area (Å²) in [5, 5.41) is 7.07. The van der Waals surface area contributed by atoms with Gasteiger partial charge in [0.15, 0.2) is 0 Å². The molecule has 0 saturated heterocycles. The molecule has 5 atom stereocenters. The van der Waals surface area contributed by atoms with Crippen LogP contribution in [0.5, 0.6) is 0 Å². The summed E-state index contributed by atoms with van der Waals surface area (Å²) < 4.78 is 11.9. The molecule has 0 aromatic heterocycles. The fourth-order valence-electron chi connectivity index (χ4n) is 3.52. The van der Waals surface area contributed by atoms with Crippen molar-refractivity contribution in [3.63, 3.8) is 0 Å². The zero-order valence-corrected chi connectivity index (χ0v) is 14.7. The van der Waals surface area contributed by atoms with Gasteiger partial charge in [-0.05, 0) is 38.4 Å². The largest absolute Gasteiger partial charge is 0.335 e. The predicted molar refractivity (Wildman–Crippen MR) is 91.3 cm³/mol. The van der Waals surface area contributed by atoms with Gasteiger partial charge in [-0.1, -0.05) is 19.8 Å². The predicted octanol–water partition coefficient (Wildman–Crippen LogP) is 2.65. The van der Waals surface area contributed by atoms with Gasteiger partial charge in [-0.2, -0.15) is 11.8 Å². The Hall–Kier alpha value is -0.230. The first-order valence-electron chi connectivity index (χ1n) is 8.11. The summed E-state index contributed by atoms with van der Waals surface area (Å²) in [5.74, 6) is 0.723. The summed E-state index contributed by atoms with van der Waals surface area (Å²) in [7, 11) is -0.735. The van der Waals surface area contributed by atoms with Crippen LogP contribution in [0.4, 0.5) is 4.79 Å². The molecule has 2 amide bonds. The van der Waals surface area contributed by atoms with E-state index < -0.39 is 10.8 Å². The van der Waals surface area contributed by atoms with Crippen LogP contribution in [-0.4, -0.2) is 44.8 Å². The Morgan fingerprint density at radius 1 is 1.19 bits per heavy atom. The lowest BCUT2D eigenvalue weighted by Gasteiger charge is -2.30. The molecule has 2 saturated carbocycles. The molecule has 0 radical (unpaired) electrons. The molecule has 2 aliphatic carbocycles. The van der Waals surface area contributed by atoms with Gasteiger partial charge < -0.3 is 10.6 Å². The first-order chi connectivity index (χ1) is 10.1. The molecule has 4 nitrogen and oxygen atoms in total. The molecule has 122 valence electrons. The highest BCUT2D eigenvalue weighted by Crippen LogP contribution is 2.28. The van der Waals surface area contributed by atoms with Crippen LogP contribution in [0.2, 0.25) is 0 Å². The van der Waals surface area contributed by atoms with Gasteiger partial charge in [-0.15, -0.1) is 0 Å². The van der Waals surface area contributed by atoms with Crippen LogP contribution in [-0.2, 0) is 10.8 Å². The molecule has 2 fully saturated rings. The number of hydrogen-bond acceptors (Lipinski definition) is 3. The molecule has 0 aromatic carbocycles. The van der Waals surface area contributed by atoms with E-state index in [1.54, 1.807) is 0 Å². The zero-order valence-electron chi connectivity index (χ0n) is 13.1. The van der Waals surface area contributed by atoms with E-state index in [0.717, 1.165) is 37.9 Å². The van der Waals surface area contributed by atoms with E-state index in [9.17, 15) is 9.00 Å². The van der Waals surface area contributed by atoms with Gasteiger partial charge in [0, 0.05) is 39.1 Å². The summed E-state index contributed by atoms with van der Waals surface area (Å²) >= 11 is 1.85. The molecule has 0 bridgehead atoms. The molecule has 21 heavy (non-hydrogen) atoms. The van der Waals surface area contributed by atoms with Crippen LogP contribution in [0.1, 0.15) is 51.9 Å². The molecule has 2 rings (SSSR count). The lowest BCUT2D eigenvalue weighted by molar-refractivity contribution is 0.229. The number of carbonyl (C=O) groups is 1. The summed E-state index contributed by atoms with van der Waals surface area (Å²) in [4.78, 5) is 12.2. The van der Waals surface area contributed by atoms with Crippen LogP contribution in [0.15, 0.2) is 0 Å². The minimum Gasteiger partial charge on any atom is -0.335 e. The average Bonchev–Trinajstić information content (AvgIpc) is 2.93. The zero-order chi connectivity index (χ0) is 15.2. The molecule has 2 aliphatic rings. The van der Waals surface area contributed by atoms with Gasteiger partial charge >= 0.3 is 6.03 Å². The Labute approximate surface area is 135 Å². The number of hydrogen-bond donors (Lipinski definition) is 2. The molecule has 0 heterocycles. The van der Waals surface area contributed by atoms with Crippen molar-refractivity contribution < 1.29 is 9.00 Å². The molecule has 2 N–H and O–H groups in total. The minimum atomic E-state index is -0.735. The van der Waals surface area contributed by atoms with E-state index in [4.69, 9.17) is 0 Å². The minimum absolute atomic E-state index is 0.0334. The van der Waals surface area contributed by atoms with Crippen molar-refractivity contribution in [2.75, 3.05) is 12.0 Å². The average molecular weight is 333 g/mol. The Morgan fingerprint density at radius 3 is 2.67 bits per heavy atom. The molecule has 6 heteroatoms. The van der Waals surface area contributed by atoms with Gasteiger partial charge in [0.05, 0.1) is 0 Å². The van der Waals surface area contributed by atoms with Gasteiger partial charge in [-0.3, -0.25) is 4.21 Å². The van der Waals surface area contributed by atoms with Crippen LogP contribution < -0.4 is 10.6 Å². The van der Waals surface area contributed by atoms with E-state index in [1.165, 1.54) is 12.8 Å². The Kier molecular flexibility index (Phi) is 6.86. The van der Waals surface area contributed by atoms with Crippen molar-refractivity contribution in [3.8, 4) is 0 Å². The summed E-state index contributed by atoms with van der Waals surface area (Å²) in [5.41, 5.74) is 0. The monoisotopic (exact) mass is 332 g/mol. The van der Waals surface area contributed by atoms with E-state index in [-0.39, 0.29) is 17.3 Å². The number of nitrogens with one attached hydrogen (secondary N) is 2. The maximum Gasteiger partial charge on any atom is 0.315 e. The maximum absolute atomic E-state index is 12.2. The maximum atomic E-state index is 12.2. The number of urea groups is 1. The molecule has 0 aliphatic heterocycles. The van der Waals surface area contributed by atoms with Crippen LogP contribution >= 0.6 is 11.8 Å².